The van der Waals surface area contributed by atoms with Crippen LogP contribution in [-0.2, 0) is 14.4 Å². The summed E-state index contributed by atoms with van der Waals surface area (Å²) in [7, 11) is 0. The normalized spacial score (nSPS) is 23.3. The highest BCUT2D eigenvalue weighted by Gasteiger charge is 2.28. The Balaban J connectivity index is 1.67. The molecule has 2 amide bonds. The van der Waals surface area contributed by atoms with E-state index < -0.39 is 0 Å². The summed E-state index contributed by atoms with van der Waals surface area (Å²) in [6.07, 6.45) is 6.83. The molecule has 1 atom stereocenters. The zero-order valence-electron chi connectivity index (χ0n) is 12.2. The van der Waals surface area contributed by atoms with Gasteiger partial charge in [0, 0.05) is 43.4 Å². The molecule has 2 aliphatic heterocycles. The van der Waals surface area contributed by atoms with Gasteiger partial charge in [-0.2, -0.15) is 0 Å². The second kappa shape index (κ2) is 6.21. The van der Waals surface area contributed by atoms with Gasteiger partial charge in [-0.1, -0.05) is 0 Å². The van der Waals surface area contributed by atoms with Crippen LogP contribution >= 0.6 is 0 Å². The van der Waals surface area contributed by atoms with Gasteiger partial charge in [0.25, 0.3) is 0 Å². The van der Waals surface area contributed by atoms with Crippen LogP contribution in [-0.4, -0.2) is 41.2 Å². The molecule has 116 valence electrons. The number of aromatic nitrogens is 2. The SMILES string of the molecule is O=CC1CCN(c2ncc(C3CCC(=O)NC3=O)cn2)CC1. The predicted octanol–water partition coefficient (Wildman–Crippen LogP) is 0.412. The third kappa shape index (κ3) is 2.98. The molecule has 7 nitrogen and oxygen atoms in total. The number of hydrogen-bond acceptors (Lipinski definition) is 6. The molecule has 2 fully saturated rings. The van der Waals surface area contributed by atoms with Crippen molar-refractivity contribution in [2.45, 2.75) is 31.6 Å². The van der Waals surface area contributed by atoms with Gasteiger partial charge in [0.05, 0.1) is 5.92 Å². The van der Waals surface area contributed by atoms with Crippen LogP contribution in [0.5, 0.6) is 0 Å². The van der Waals surface area contributed by atoms with Crippen molar-refractivity contribution < 1.29 is 14.4 Å². The molecule has 0 saturated carbocycles. The first-order valence-corrected chi connectivity index (χ1v) is 7.53. The number of carbonyl (C=O) groups is 3. The van der Waals surface area contributed by atoms with E-state index in [1.165, 1.54) is 0 Å². The van der Waals surface area contributed by atoms with E-state index in [9.17, 15) is 14.4 Å². The highest BCUT2D eigenvalue weighted by atomic mass is 16.2. The molecule has 22 heavy (non-hydrogen) atoms. The van der Waals surface area contributed by atoms with Gasteiger partial charge in [0.15, 0.2) is 0 Å². The molecular weight excluding hydrogens is 284 g/mol. The molecule has 2 aliphatic rings. The van der Waals surface area contributed by atoms with E-state index in [4.69, 9.17) is 0 Å². The number of piperidine rings is 2. The second-order valence-corrected chi connectivity index (χ2v) is 5.78. The first-order valence-electron chi connectivity index (χ1n) is 7.53. The topological polar surface area (TPSA) is 92.3 Å². The Bertz CT molecular complexity index is 579. The Labute approximate surface area is 128 Å². The molecule has 0 bridgehead atoms. The second-order valence-electron chi connectivity index (χ2n) is 5.78. The lowest BCUT2D eigenvalue weighted by Gasteiger charge is -2.29. The number of aldehydes is 1. The Hall–Kier alpha value is -2.31. The Morgan fingerprint density at radius 2 is 1.82 bits per heavy atom. The molecule has 0 aliphatic carbocycles. The molecule has 3 rings (SSSR count). The van der Waals surface area contributed by atoms with Crippen molar-refractivity contribution in [3.05, 3.63) is 18.0 Å². The summed E-state index contributed by atoms with van der Waals surface area (Å²) in [6, 6.07) is 0. The van der Waals surface area contributed by atoms with Gasteiger partial charge >= 0.3 is 0 Å². The lowest BCUT2D eigenvalue weighted by molar-refractivity contribution is -0.134. The van der Waals surface area contributed by atoms with Crippen LogP contribution in [0.15, 0.2) is 12.4 Å². The van der Waals surface area contributed by atoms with Crippen LogP contribution < -0.4 is 10.2 Å². The number of carbonyl (C=O) groups excluding carboxylic acids is 3. The number of imide groups is 1. The van der Waals surface area contributed by atoms with E-state index in [1.807, 2.05) is 4.90 Å². The summed E-state index contributed by atoms with van der Waals surface area (Å²) in [5, 5.41) is 2.34. The molecule has 0 aromatic carbocycles. The van der Waals surface area contributed by atoms with E-state index in [1.54, 1.807) is 12.4 Å². The molecule has 1 N–H and O–H groups in total. The fourth-order valence-electron chi connectivity index (χ4n) is 2.92. The minimum absolute atomic E-state index is 0.138. The van der Waals surface area contributed by atoms with Crippen molar-refractivity contribution >= 4 is 24.0 Å². The van der Waals surface area contributed by atoms with Crippen LogP contribution in [0.4, 0.5) is 5.95 Å². The fraction of sp³-hybridized carbons (Fsp3) is 0.533. The van der Waals surface area contributed by atoms with Crippen LogP contribution in [0.3, 0.4) is 0 Å². The zero-order valence-corrected chi connectivity index (χ0v) is 12.2. The first-order chi connectivity index (χ1) is 10.7. The van der Waals surface area contributed by atoms with Crippen molar-refractivity contribution in [1.29, 1.82) is 0 Å². The quantitative estimate of drug-likeness (QED) is 0.642. The maximum atomic E-state index is 11.8. The van der Waals surface area contributed by atoms with Gasteiger partial charge in [0.2, 0.25) is 17.8 Å². The number of hydrogen-bond donors (Lipinski definition) is 1. The smallest absolute Gasteiger partial charge is 0.234 e. The maximum Gasteiger partial charge on any atom is 0.234 e. The number of amides is 2. The fourth-order valence-corrected chi connectivity index (χ4v) is 2.92. The average Bonchev–Trinajstić information content (AvgIpc) is 2.55. The van der Waals surface area contributed by atoms with Crippen LogP contribution in [0.25, 0.3) is 0 Å². The van der Waals surface area contributed by atoms with Crippen molar-refractivity contribution in [2.24, 2.45) is 5.92 Å². The zero-order chi connectivity index (χ0) is 15.5. The Morgan fingerprint density at radius 3 is 2.41 bits per heavy atom. The van der Waals surface area contributed by atoms with Crippen LogP contribution in [0, 0.1) is 5.92 Å². The van der Waals surface area contributed by atoms with Crippen molar-refractivity contribution in [2.75, 3.05) is 18.0 Å². The van der Waals surface area contributed by atoms with E-state index in [-0.39, 0.29) is 23.7 Å². The molecule has 7 heteroatoms. The van der Waals surface area contributed by atoms with Crippen molar-refractivity contribution in [3.63, 3.8) is 0 Å². The molecule has 1 aromatic heterocycles. The third-order valence-corrected chi connectivity index (χ3v) is 4.31. The van der Waals surface area contributed by atoms with E-state index >= 15 is 0 Å². The summed E-state index contributed by atoms with van der Waals surface area (Å²) >= 11 is 0. The van der Waals surface area contributed by atoms with Gasteiger partial charge in [0.1, 0.15) is 6.29 Å². The third-order valence-electron chi connectivity index (χ3n) is 4.31. The Morgan fingerprint density at radius 1 is 1.14 bits per heavy atom. The predicted molar refractivity (Wildman–Crippen MR) is 78.2 cm³/mol. The monoisotopic (exact) mass is 302 g/mol. The van der Waals surface area contributed by atoms with Crippen molar-refractivity contribution in [3.8, 4) is 0 Å². The highest BCUT2D eigenvalue weighted by molar-refractivity contribution is 6.00. The van der Waals surface area contributed by atoms with Gasteiger partial charge in [-0.25, -0.2) is 9.97 Å². The van der Waals surface area contributed by atoms with E-state index in [0.717, 1.165) is 37.8 Å². The van der Waals surface area contributed by atoms with Gasteiger partial charge in [-0.05, 0) is 19.3 Å². The summed E-state index contributed by atoms with van der Waals surface area (Å²) in [5.74, 6) is -0.0943. The lowest BCUT2D eigenvalue weighted by Crippen LogP contribution is -2.39. The van der Waals surface area contributed by atoms with Crippen molar-refractivity contribution in [1.82, 2.24) is 15.3 Å². The number of nitrogens with one attached hydrogen (secondary N) is 1. The molecule has 3 heterocycles. The van der Waals surface area contributed by atoms with Crippen LogP contribution in [0.2, 0.25) is 0 Å². The standard InChI is InChI=1S/C15H18N4O3/c20-9-10-3-5-19(6-4-10)15-16-7-11(8-17-15)12-1-2-13(21)18-14(12)22/h7-10,12H,1-6H2,(H,18,21,22). The molecule has 1 unspecified atom stereocenters. The van der Waals surface area contributed by atoms with Gasteiger partial charge in [-0.15, -0.1) is 0 Å². The van der Waals surface area contributed by atoms with Gasteiger partial charge < -0.3 is 9.69 Å². The van der Waals surface area contributed by atoms with Gasteiger partial charge in [-0.3, -0.25) is 14.9 Å². The molecule has 1 aromatic rings. The minimum Gasteiger partial charge on any atom is -0.341 e. The molecular formula is C15H18N4O3. The average molecular weight is 302 g/mol. The summed E-state index contributed by atoms with van der Waals surface area (Å²) in [5.41, 5.74) is 0.733. The molecule has 0 spiro atoms. The Kier molecular flexibility index (Phi) is 4.13. The highest BCUT2D eigenvalue weighted by Crippen LogP contribution is 2.25. The summed E-state index contributed by atoms with van der Waals surface area (Å²) in [6.45, 7) is 1.53. The maximum absolute atomic E-state index is 11.8. The molecule has 2 saturated heterocycles. The van der Waals surface area contributed by atoms with Crippen LogP contribution in [0.1, 0.15) is 37.2 Å². The summed E-state index contributed by atoms with van der Waals surface area (Å²) in [4.78, 5) is 44.5. The largest absolute Gasteiger partial charge is 0.341 e. The minimum atomic E-state index is -0.354. The lowest BCUT2D eigenvalue weighted by atomic mass is 9.92. The number of anilines is 1. The van der Waals surface area contributed by atoms with E-state index in [2.05, 4.69) is 15.3 Å². The number of rotatable bonds is 3. The summed E-state index contributed by atoms with van der Waals surface area (Å²) < 4.78 is 0. The number of nitrogens with zero attached hydrogens (tertiary/aromatic N) is 3. The van der Waals surface area contributed by atoms with E-state index in [0.29, 0.717) is 18.8 Å². The first kappa shape index (κ1) is 14.6. The molecule has 0 radical (unpaired) electrons.